The molecule has 4 nitrogen and oxygen atoms in total. The Kier molecular flexibility index (Phi) is 7.19. The van der Waals surface area contributed by atoms with Crippen molar-refractivity contribution in [3.8, 4) is 0 Å². The molecular weight excluding hydrogens is 483 g/mol. The smallest absolute Gasteiger partial charge is 0.265 e. The zero-order valence-electron chi connectivity index (χ0n) is 20.2. The highest BCUT2D eigenvalue weighted by Gasteiger charge is 2.30. The van der Waals surface area contributed by atoms with Gasteiger partial charge in [-0.2, -0.15) is 0 Å². The molecule has 0 aliphatic carbocycles. The summed E-state index contributed by atoms with van der Waals surface area (Å²) in [6.45, 7) is 2.19. The molecule has 0 aromatic heterocycles. The van der Waals surface area contributed by atoms with Crippen LogP contribution >= 0.6 is 11.8 Å². The van der Waals surface area contributed by atoms with Gasteiger partial charge in [0.1, 0.15) is 5.82 Å². The van der Waals surface area contributed by atoms with E-state index in [4.69, 9.17) is 0 Å². The number of hydrogen-bond acceptors (Lipinski definition) is 3. The van der Waals surface area contributed by atoms with E-state index in [1.165, 1.54) is 23.9 Å². The summed E-state index contributed by atoms with van der Waals surface area (Å²) < 4.78 is 13.5. The number of thioether (sulfide) groups is 1. The molecule has 6 heteroatoms. The van der Waals surface area contributed by atoms with E-state index in [0.717, 1.165) is 21.6 Å². The van der Waals surface area contributed by atoms with E-state index in [0.29, 0.717) is 16.2 Å². The SMILES string of the molecule is CC(NC(=O)c1ccc2c(c1)N(Cc1ccc(F)cc1)C(=O)C(=Cc1ccccc1)S2)c1ccccc1. The van der Waals surface area contributed by atoms with Crippen LogP contribution in [0.3, 0.4) is 0 Å². The lowest BCUT2D eigenvalue weighted by Gasteiger charge is -2.31. The second-order valence-corrected chi connectivity index (χ2v) is 9.91. The topological polar surface area (TPSA) is 49.4 Å². The summed E-state index contributed by atoms with van der Waals surface area (Å²) in [5.74, 6) is -0.717. The van der Waals surface area contributed by atoms with Crippen molar-refractivity contribution in [2.24, 2.45) is 0 Å². The molecule has 1 atom stereocenters. The van der Waals surface area contributed by atoms with E-state index in [9.17, 15) is 14.0 Å². The number of nitrogens with one attached hydrogen (secondary N) is 1. The number of benzene rings is 4. The molecule has 184 valence electrons. The first kappa shape index (κ1) is 24.5. The Hall–Kier alpha value is -4.16. The maximum Gasteiger partial charge on any atom is 0.265 e. The highest BCUT2D eigenvalue weighted by atomic mass is 32.2. The molecule has 1 aliphatic heterocycles. The molecule has 0 bridgehead atoms. The molecule has 4 aromatic carbocycles. The predicted octanol–water partition coefficient (Wildman–Crippen LogP) is 7.00. The fourth-order valence-corrected chi connectivity index (χ4v) is 5.23. The lowest BCUT2D eigenvalue weighted by molar-refractivity contribution is -0.114. The Morgan fingerprint density at radius 3 is 2.32 bits per heavy atom. The molecule has 1 heterocycles. The van der Waals surface area contributed by atoms with Crippen molar-refractivity contribution in [3.63, 3.8) is 0 Å². The summed E-state index contributed by atoms with van der Waals surface area (Å²) >= 11 is 1.39. The van der Waals surface area contributed by atoms with Crippen molar-refractivity contribution in [1.82, 2.24) is 5.32 Å². The first-order chi connectivity index (χ1) is 18.0. The van der Waals surface area contributed by atoms with Crippen LogP contribution in [0, 0.1) is 5.82 Å². The predicted molar refractivity (Wildman–Crippen MR) is 147 cm³/mol. The van der Waals surface area contributed by atoms with Gasteiger partial charge in [-0.15, -0.1) is 0 Å². The third-order valence-electron chi connectivity index (χ3n) is 6.19. The van der Waals surface area contributed by atoms with Crippen molar-refractivity contribution in [3.05, 3.63) is 136 Å². The Morgan fingerprint density at radius 1 is 0.946 bits per heavy atom. The van der Waals surface area contributed by atoms with E-state index in [-0.39, 0.29) is 30.2 Å². The van der Waals surface area contributed by atoms with Crippen molar-refractivity contribution in [2.75, 3.05) is 4.90 Å². The normalized spacial score (nSPS) is 14.8. The molecule has 37 heavy (non-hydrogen) atoms. The average Bonchev–Trinajstić information content (AvgIpc) is 2.93. The minimum Gasteiger partial charge on any atom is -0.346 e. The largest absolute Gasteiger partial charge is 0.346 e. The summed E-state index contributed by atoms with van der Waals surface area (Å²) in [7, 11) is 0. The zero-order chi connectivity index (χ0) is 25.8. The lowest BCUT2D eigenvalue weighted by Crippen LogP contribution is -2.34. The van der Waals surface area contributed by atoms with Crippen LogP contribution in [-0.4, -0.2) is 11.8 Å². The molecule has 1 unspecified atom stereocenters. The van der Waals surface area contributed by atoms with Crippen molar-refractivity contribution in [2.45, 2.75) is 24.4 Å². The molecule has 0 saturated heterocycles. The number of carbonyl (C=O) groups is 2. The average molecular weight is 509 g/mol. The number of nitrogens with zero attached hydrogens (tertiary/aromatic N) is 1. The molecule has 2 amide bonds. The minimum atomic E-state index is -0.333. The van der Waals surface area contributed by atoms with Gasteiger partial charge in [0.15, 0.2) is 0 Å². The van der Waals surface area contributed by atoms with E-state index in [2.05, 4.69) is 5.32 Å². The van der Waals surface area contributed by atoms with E-state index in [1.807, 2.05) is 79.7 Å². The number of amides is 2. The summed E-state index contributed by atoms with van der Waals surface area (Å²) in [5, 5.41) is 3.04. The highest BCUT2D eigenvalue weighted by Crippen LogP contribution is 2.43. The fourth-order valence-electron chi connectivity index (χ4n) is 4.19. The van der Waals surface area contributed by atoms with Crippen molar-refractivity contribution in [1.29, 1.82) is 0 Å². The Labute approximate surface area is 219 Å². The maximum atomic E-state index is 13.7. The Morgan fingerprint density at radius 2 is 1.62 bits per heavy atom. The monoisotopic (exact) mass is 508 g/mol. The third kappa shape index (κ3) is 5.65. The van der Waals surface area contributed by atoms with Gasteiger partial charge in [-0.25, -0.2) is 4.39 Å². The first-order valence-corrected chi connectivity index (χ1v) is 12.8. The van der Waals surface area contributed by atoms with Gasteiger partial charge >= 0.3 is 0 Å². The molecule has 0 radical (unpaired) electrons. The number of rotatable bonds is 6. The van der Waals surface area contributed by atoms with Gasteiger partial charge < -0.3 is 10.2 Å². The van der Waals surface area contributed by atoms with Gasteiger partial charge in [-0.05, 0) is 60.0 Å². The van der Waals surface area contributed by atoms with Crippen LogP contribution in [0.15, 0.2) is 113 Å². The standard InChI is InChI=1S/C31H25FN2O2S/c1-21(24-10-6-3-7-11-24)33-30(35)25-14-17-28-27(19-25)34(20-23-12-15-26(32)16-13-23)31(36)29(37-28)18-22-8-4-2-5-9-22/h2-19,21H,20H2,1H3,(H,33,35). The number of carbonyl (C=O) groups excluding carboxylic acids is 2. The molecule has 0 spiro atoms. The van der Waals surface area contributed by atoms with Crippen molar-refractivity contribution >= 4 is 35.3 Å². The highest BCUT2D eigenvalue weighted by molar-refractivity contribution is 8.04. The second kappa shape index (κ2) is 10.8. The molecule has 1 aliphatic rings. The molecule has 1 N–H and O–H groups in total. The summed E-state index contributed by atoms with van der Waals surface area (Å²) in [6, 6.07) is 30.8. The molecule has 4 aromatic rings. The second-order valence-electron chi connectivity index (χ2n) is 8.83. The minimum absolute atomic E-state index is 0.166. The van der Waals surface area contributed by atoms with Gasteiger partial charge in [0.05, 0.1) is 23.2 Å². The maximum absolute atomic E-state index is 13.7. The number of hydrogen-bond donors (Lipinski definition) is 1. The number of halogens is 1. The van der Waals surface area contributed by atoms with E-state index in [1.54, 1.807) is 29.2 Å². The van der Waals surface area contributed by atoms with Gasteiger partial charge in [0.25, 0.3) is 11.8 Å². The summed E-state index contributed by atoms with van der Waals surface area (Å²) in [4.78, 5) is 29.9. The van der Waals surface area contributed by atoms with Gasteiger partial charge in [-0.3, -0.25) is 9.59 Å². The van der Waals surface area contributed by atoms with Gasteiger partial charge in [0.2, 0.25) is 0 Å². The van der Waals surface area contributed by atoms with Crippen LogP contribution in [0.1, 0.15) is 40.0 Å². The molecule has 0 fully saturated rings. The lowest BCUT2D eigenvalue weighted by atomic mass is 10.1. The number of fused-ring (bicyclic) bond motifs is 1. The third-order valence-corrected chi connectivity index (χ3v) is 7.26. The molecule has 5 rings (SSSR count). The first-order valence-electron chi connectivity index (χ1n) is 12.0. The molecular formula is C31H25FN2O2S. The summed E-state index contributed by atoms with van der Waals surface area (Å²) in [5.41, 5.74) is 3.85. The van der Waals surface area contributed by atoms with Crippen LogP contribution in [0.2, 0.25) is 0 Å². The van der Waals surface area contributed by atoms with Gasteiger partial charge in [0, 0.05) is 10.5 Å². The Bertz CT molecular complexity index is 1450. The van der Waals surface area contributed by atoms with Crippen LogP contribution in [0.25, 0.3) is 6.08 Å². The quantitative estimate of drug-likeness (QED) is 0.285. The molecule has 0 saturated carbocycles. The van der Waals surface area contributed by atoms with E-state index < -0.39 is 0 Å². The van der Waals surface area contributed by atoms with Gasteiger partial charge in [-0.1, -0.05) is 84.6 Å². The zero-order valence-corrected chi connectivity index (χ0v) is 21.0. The van der Waals surface area contributed by atoms with Crippen LogP contribution in [-0.2, 0) is 11.3 Å². The van der Waals surface area contributed by atoms with Crippen LogP contribution in [0.4, 0.5) is 10.1 Å². The Balaban J connectivity index is 1.48. The van der Waals surface area contributed by atoms with E-state index >= 15 is 0 Å². The number of anilines is 1. The summed E-state index contributed by atoms with van der Waals surface area (Å²) in [6.07, 6.45) is 1.87. The van der Waals surface area contributed by atoms with Crippen LogP contribution < -0.4 is 10.2 Å². The van der Waals surface area contributed by atoms with Crippen molar-refractivity contribution < 1.29 is 14.0 Å². The fraction of sp³-hybridized carbons (Fsp3) is 0.0968. The van der Waals surface area contributed by atoms with Crippen LogP contribution in [0.5, 0.6) is 0 Å².